The zero-order valence-corrected chi connectivity index (χ0v) is 11.0. The fourth-order valence-corrected chi connectivity index (χ4v) is 2.45. The van der Waals surface area contributed by atoms with Crippen LogP contribution >= 0.6 is 0 Å². The summed E-state index contributed by atoms with van der Waals surface area (Å²) in [5.74, 6) is 0.405. The molecule has 0 aromatic heterocycles. The summed E-state index contributed by atoms with van der Waals surface area (Å²) in [6.45, 7) is 8.06. The Balaban J connectivity index is 2.82. The van der Waals surface area contributed by atoms with Gasteiger partial charge in [0.1, 0.15) is 0 Å². The molecule has 1 nitrogen and oxygen atoms in total. The zero-order chi connectivity index (χ0) is 12.6. The monoisotopic (exact) mass is 228 g/mol. The van der Waals surface area contributed by atoms with Gasteiger partial charge in [-0.2, -0.15) is 0 Å². The summed E-state index contributed by atoms with van der Waals surface area (Å²) in [6.07, 6.45) is 0. The lowest BCUT2D eigenvalue weighted by Crippen LogP contribution is -2.18. The highest BCUT2D eigenvalue weighted by atomic mass is 16.3. The van der Waals surface area contributed by atoms with Gasteiger partial charge in [-0.05, 0) is 41.7 Å². The molecule has 17 heavy (non-hydrogen) atoms. The Kier molecular flexibility index (Phi) is 2.96. The van der Waals surface area contributed by atoms with Gasteiger partial charge in [-0.15, -0.1) is 0 Å². The minimum atomic E-state index is -0.788. The normalized spacial score (nSPS) is 12.4. The van der Waals surface area contributed by atoms with Gasteiger partial charge in [0.15, 0.2) is 0 Å². The molecule has 1 heteroatoms. The van der Waals surface area contributed by atoms with E-state index in [4.69, 9.17) is 0 Å². The van der Waals surface area contributed by atoms with Crippen molar-refractivity contribution in [1.29, 1.82) is 0 Å². The summed E-state index contributed by atoms with van der Waals surface area (Å²) in [5.41, 5.74) is 1.51. The van der Waals surface area contributed by atoms with Crippen molar-refractivity contribution in [3.05, 3.63) is 47.5 Å². The molecule has 0 amide bonds. The van der Waals surface area contributed by atoms with Gasteiger partial charge in [-0.3, -0.25) is 0 Å². The van der Waals surface area contributed by atoms with E-state index in [2.05, 4.69) is 50.2 Å². The van der Waals surface area contributed by atoms with Crippen molar-refractivity contribution in [2.45, 2.75) is 39.2 Å². The molecule has 0 fully saturated rings. The summed E-state index contributed by atoms with van der Waals surface area (Å²) < 4.78 is 0. The third-order valence-corrected chi connectivity index (χ3v) is 3.21. The van der Waals surface area contributed by atoms with Crippen LogP contribution in [0.2, 0.25) is 0 Å². The molecule has 0 aliphatic rings. The predicted molar refractivity (Wildman–Crippen MR) is 73.3 cm³/mol. The number of fused-ring (bicyclic) bond motifs is 1. The van der Waals surface area contributed by atoms with Crippen molar-refractivity contribution in [2.24, 2.45) is 0 Å². The molecular weight excluding hydrogens is 208 g/mol. The Morgan fingerprint density at radius 3 is 2.24 bits per heavy atom. The van der Waals surface area contributed by atoms with Crippen molar-refractivity contribution in [1.82, 2.24) is 0 Å². The van der Waals surface area contributed by atoms with Gasteiger partial charge in [0, 0.05) is 0 Å². The smallest absolute Gasteiger partial charge is 0.0843 e. The average Bonchev–Trinajstić information content (AvgIpc) is 2.26. The maximum Gasteiger partial charge on any atom is 0.0843 e. The highest BCUT2D eigenvalue weighted by Crippen LogP contribution is 2.34. The van der Waals surface area contributed by atoms with Crippen LogP contribution in [0.4, 0.5) is 0 Å². The summed E-state index contributed by atoms with van der Waals surface area (Å²) in [4.78, 5) is 0. The van der Waals surface area contributed by atoms with E-state index in [1.807, 2.05) is 13.8 Å². The first-order chi connectivity index (χ1) is 7.91. The summed E-state index contributed by atoms with van der Waals surface area (Å²) in [5, 5.41) is 12.8. The molecular formula is C16H20O. The molecule has 0 bridgehead atoms. The molecule has 90 valence electrons. The van der Waals surface area contributed by atoms with E-state index in [0.29, 0.717) is 5.92 Å². The maximum absolute atomic E-state index is 10.3. The molecule has 0 aliphatic heterocycles. The van der Waals surface area contributed by atoms with Gasteiger partial charge >= 0.3 is 0 Å². The molecule has 0 spiro atoms. The number of rotatable bonds is 2. The molecule has 0 heterocycles. The van der Waals surface area contributed by atoms with Crippen molar-refractivity contribution < 1.29 is 5.11 Å². The lowest BCUT2D eigenvalue weighted by molar-refractivity contribution is 0.0775. The average molecular weight is 228 g/mol. The molecule has 2 aromatic rings. The lowest BCUT2D eigenvalue weighted by atomic mass is 9.84. The zero-order valence-electron chi connectivity index (χ0n) is 11.0. The van der Waals surface area contributed by atoms with Crippen LogP contribution in [0.3, 0.4) is 0 Å². The highest BCUT2D eigenvalue weighted by molar-refractivity contribution is 5.87. The summed E-state index contributed by atoms with van der Waals surface area (Å²) >= 11 is 0. The van der Waals surface area contributed by atoms with Gasteiger partial charge < -0.3 is 5.11 Å². The molecule has 0 radical (unpaired) electrons. The van der Waals surface area contributed by atoms with Crippen molar-refractivity contribution in [3.8, 4) is 0 Å². The SMILES string of the molecule is CC(C)c1c(C(C)(C)O)ccc2ccccc12. The van der Waals surface area contributed by atoms with Gasteiger partial charge in [0.05, 0.1) is 5.60 Å². The third kappa shape index (κ3) is 2.20. The molecule has 0 saturated carbocycles. The number of aliphatic hydroxyl groups is 1. The van der Waals surface area contributed by atoms with Gasteiger partial charge in [0.2, 0.25) is 0 Å². The second kappa shape index (κ2) is 4.15. The van der Waals surface area contributed by atoms with Crippen LogP contribution in [0.5, 0.6) is 0 Å². The van der Waals surface area contributed by atoms with Gasteiger partial charge in [-0.1, -0.05) is 50.2 Å². The third-order valence-electron chi connectivity index (χ3n) is 3.21. The quantitative estimate of drug-likeness (QED) is 0.817. The molecule has 0 saturated heterocycles. The first kappa shape index (κ1) is 12.1. The van der Waals surface area contributed by atoms with E-state index in [1.165, 1.54) is 16.3 Å². The van der Waals surface area contributed by atoms with Crippen LogP contribution in [-0.2, 0) is 5.60 Å². The predicted octanol–water partition coefficient (Wildman–Crippen LogP) is 4.19. The van der Waals surface area contributed by atoms with Crippen LogP contribution in [0.1, 0.15) is 44.7 Å². The largest absolute Gasteiger partial charge is 0.386 e. The van der Waals surface area contributed by atoms with Crippen molar-refractivity contribution in [3.63, 3.8) is 0 Å². The molecule has 2 aromatic carbocycles. The van der Waals surface area contributed by atoms with E-state index in [-0.39, 0.29) is 0 Å². The van der Waals surface area contributed by atoms with Gasteiger partial charge in [-0.25, -0.2) is 0 Å². The Labute approximate surface area is 103 Å². The number of hydrogen-bond acceptors (Lipinski definition) is 1. The Morgan fingerprint density at radius 1 is 1.00 bits per heavy atom. The fraction of sp³-hybridized carbons (Fsp3) is 0.375. The first-order valence-corrected chi connectivity index (χ1v) is 6.16. The maximum atomic E-state index is 10.3. The topological polar surface area (TPSA) is 20.2 Å². The number of hydrogen-bond donors (Lipinski definition) is 1. The van der Waals surface area contributed by atoms with E-state index in [1.54, 1.807) is 0 Å². The van der Waals surface area contributed by atoms with E-state index in [0.717, 1.165) is 5.56 Å². The van der Waals surface area contributed by atoms with Crippen LogP contribution in [0.25, 0.3) is 10.8 Å². The van der Waals surface area contributed by atoms with Crippen LogP contribution in [0.15, 0.2) is 36.4 Å². The molecule has 1 N–H and O–H groups in total. The van der Waals surface area contributed by atoms with Crippen LogP contribution in [-0.4, -0.2) is 5.11 Å². The van der Waals surface area contributed by atoms with E-state index in [9.17, 15) is 5.11 Å². The minimum Gasteiger partial charge on any atom is -0.386 e. The van der Waals surface area contributed by atoms with Crippen LogP contribution < -0.4 is 0 Å². The second-order valence-electron chi connectivity index (χ2n) is 5.46. The van der Waals surface area contributed by atoms with Gasteiger partial charge in [0.25, 0.3) is 0 Å². The first-order valence-electron chi connectivity index (χ1n) is 6.16. The Morgan fingerprint density at radius 2 is 1.65 bits per heavy atom. The lowest BCUT2D eigenvalue weighted by Gasteiger charge is -2.25. The highest BCUT2D eigenvalue weighted by Gasteiger charge is 2.22. The minimum absolute atomic E-state index is 0.405. The molecule has 0 aliphatic carbocycles. The Hall–Kier alpha value is -1.34. The summed E-state index contributed by atoms with van der Waals surface area (Å²) in [7, 11) is 0. The van der Waals surface area contributed by atoms with E-state index >= 15 is 0 Å². The Bertz CT molecular complexity index is 533. The fourth-order valence-electron chi connectivity index (χ4n) is 2.45. The van der Waals surface area contributed by atoms with Crippen molar-refractivity contribution >= 4 is 10.8 Å². The molecule has 0 atom stereocenters. The summed E-state index contributed by atoms with van der Waals surface area (Å²) in [6, 6.07) is 12.5. The van der Waals surface area contributed by atoms with Crippen molar-refractivity contribution in [2.75, 3.05) is 0 Å². The van der Waals surface area contributed by atoms with Crippen LogP contribution in [0, 0.1) is 0 Å². The molecule has 2 rings (SSSR count). The number of benzene rings is 2. The standard InChI is InChI=1S/C16H20O/c1-11(2)15-13-8-6-5-7-12(13)9-10-14(15)16(3,4)17/h5-11,17H,1-4H3. The second-order valence-corrected chi connectivity index (χ2v) is 5.46. The van der Waals surface area contributed by atoms with E-state index < -0.39 is 5.60 Å². The molecule has 0 unspecified atom stereocenters.